The summed E-state index contributed by atoms with van der Waals surface area (Å²) in [4.78, 5) is 16.1. The number of hydrogen-bond acceptors (Lipinski definition) is 2. The highest BCUT2D eigenvalue weighted by molar-refractivity contribution is 6.30. The molecule has 0 atom stereocenters. The molecular weight excluding hydrogens is 260 g/mol. The van der Waals surface area contributed by atoms with Crippen molar-refractivity contribution in [2.45, 2.75) is 6.92 Å². The Balaban J connectivity index is 2.29. The molecule has 3 aromatic rings. The van der Waals surface area contributed by atoms with Gasteiger partial charge < -0.3 is 0 Å². The van der Waals surface area contributed by atoms with Crippen molar-refractivity contribution >= 4 is 22.9 Å². The average molecular weight is 271 g/mol. The second-order valence-electron chi connectivity index (χ2n) is 4.30. The summed E-state index contributed by atoms with van der Waals surface area (Å²) < 4.78 is 1.92. The number of rotatable bonds is 2. The highest BCUT2D eigenvalue weighted by Gasteiger charge is 2.14. The first-order valence-electron chi connectivity index (χ1n) is 5.91. The minimum Gasteiger partial charge on any atom is -0.299 e. The Morgan fingerprint density at radius 1 is 1.16 bits per heavy atom. The number of nitrogens with zero attached hydrogens (tertiary/aromatic N) is 2. The van der Waals surface area contributed by atoms with Crippen LogP contribution in [0.3, 0.4) is 0 Å². The first-order chi connectivity index (χ1) is 9.16. The summed E-state index contributed by atoms with van der Waals surface area (Å²) in [6.45, 7) is 1.53. The molecule has 4 heteroatoms. The summed E-state index contributed by atoms with van der Waals surface area (Å²) in [5.74, 6) is 0.710. The van der Waals surface area contributed by atoms with Gasteiger partial charge in [-0.05, 0) is 36.4 Å². The van der Waals surface area contributed by atoms with Gasteiger partial charge in [0.25, 0.3) is 0 Å². The Hall–Kier alpha value is -2.13. The zero-order valence-electron chi connectivity index (χ0n) is 10.3. The van der Waals surface area contributed by atoms with E-state index in [1.807, 2.05) is 53.1 Å². The summed E-state index contributed by atoms with van der Waals surface area (Å²) >= 11 is 5.89. The van der Waals surface area contributed by atoms with Crippen LogP contribution in [0.5, 0.6) is 0 Å². The molecule has 0 saturated carbocycles. The second kappa shape index (κ2) is 4.52. The quantitative estimate of drug-likeness (QED) is 0.663. The molecule has 3 nitrogen and oxygen atoms in total. The molecule has 0 aliphatic carbocycles. The van der Waals surface area contributed by atoms with Gasteiger partial charge in [-0.3, -0.25) is 9.20 Å². The summed E-state index contributed by atoms with van der Waals surface area (Å²) in [6.07, 6.45) is 1.90. The molecule has 1 aromatic carbocycles. The molecule has 94 valence electrons. The van der Waals surface area contributed by atoms with Gasteiger partial charge >= 0.3 is 0 Å². The van der Waals surface area contributed by atoms with Gasteiger partial charge in [-0.2, -0.15) is 0 Å². The predicted molar refractivity (Wildman–Crippen MR) is 75.6 cm³/mol. The molecule has 2 aromatic heterocycles. The minimum atomic E-state index is -0.0380. The van der Waals surface area contributed by atoms with Crippen molar-refractivity contribution in [1.29, 1.82) is 0 Å². The number of carbonyl (C=O) groups excluding carboxylic acids is 1. The molecule has 0 N–H and O–H groups in total. The maximum absolute atomic E-state index is 11.7. The van der Waals surface area contributed by atoms with Crippen LogP contribution >= 0.6 is 11.6 Å². The molecule has 0 radical (unpaired) electrons. The number of fused-ring (bicyclic) bond motifs is 1. The number of Topliss-reactive ketones (excluding diaryl/α,β-unsaturated/α-hetero) is 1. The van der Waals surface area contributed by atoms with Crippen LogP contribution in [0.4, 0.5) is 0 Å². The van der Waals surface area contributed by atoms with Gasteiger partial charge in [0, 0.05) is 23.7 Å². The molecule has 2 heterocycles. The van der Waals surface area contributed by atoms with Crippen molar-refractivity contribution in [3.05, 3.63) is 59.4 Å². The van der Waals surface area contributed by atoms with Gasteiger partial charge in [0.2, 0.25) is 0 Å². The number of ketones is 1. The molecule has 19 heavy (non-hydrogen) atoms. The SMILES string of the molecule is CC(=O)c1nc(-c2ccc(Cl)cc2)n2ccccc12. The topological polar surface area (TPSA) is 34.4 Å². The van der Waals surface area contributed by atoms with Crippen molar-refractivity contribution in [1.82, 2.24) is 9.38 Å². The van der Waals surface area contributed by atoms with E-state index in [4.69, 9.17) is 11.6 Å². The number of halogens is 1. The Kier molecular flexibility index (Phi) is 2.84. The first kappa shape index (κ1) is 11.9. The molecule has 0 fully saturated rings. The van der Waals surface area contributed by atoms with Gasteiger partial charge in [-0.1, -0.05) is 17.7 Å². The predicted octanol–water partition coefficient (Wildman–Crippen LogP) is 3.86. The maximum Gasteiger partial charge on any atom is 0.180 e. The van der Waals surface area contributed by atoms with Crippen molar-refractivity contribution in [2.75, 3.05) is 0 Å². The number of hydrogen-bond donors (Lipinski definition) is 0. The Labute approximate surface area is 115 Å². The third-order valence-electron chi connectivity index (χ3n) is 2.98. The van der Waals surface area contributed by atoms with Crippen LogP contribution in [0.15, 0.2) is 48.7 Å². The number of imidazole rings is 1. The summed E-state index contributed by atoms with van der Waals surface area (Å²) in [5.41, 5.74) is 2.24. The van der Waals surface area contributed by atoms with Crippen LogP contribution in [0.1, 0.15) is 17.4 Å². The monoisotopic (exact) mass is 270 g/mol. The number of aromatic nitrogens is 2. The summed E-state index contributed by atoms with van der Waals surface area (Å²) in [5, 5.41) is 0.677. The van der Waals surface area contributed by atoms with E-state index < -0.39 is 0 Å². The van der Waals surface area contributed by atoms with Gasteiger partial charge in [0.05, 0.1) is 5.52 Å². The molecule has 0 spiro atoms. The number of carbonyl (C=O) groups is 1. The molecule has 0 bridgehead atoms. The van der Waals surface area contributed by atoms with Crippen molar-refractivity contribution in [3.8, 4) is 11.4 Å². The van der Waals surface area contributed by atoms with Crippen molar-refractivity contribution in [3.63, 3.8) is 0 Å². The summed E-state index contributed by atoms with van der Waals surface area (Å²) in [6, 6.07) is 13.1. The lowest BCUT2D eigenvalue weighted by atomic mass is 10.2. The fraction of sp³-hybridized carbons (Fsp3) is 0.0667. The smallest absolute Gasteiger partial charge is 0.180 e. The van der Waals surface area contributed by atoms with Gasteiger partial charge in [0.1, 0.15) is 11.5 Å². The van der Waals surface area contributed by atoms with Crippen LogP contribution in [0, 0.1) is 0 Å². The lowest BCUT2D eigenvalue weighted by molar-refractivity contribution is 0.101. The van der Waals surface area contributed by atoms with Crippen LogP contribution in [-0.4, -0.2) is 15.2 Å². The van der Waals surface area contributed by atoms with Gasteiger partial charge in [0.15, 0.2) is 5.78 Å². The van der Waals surface area contributed by atoms with E-state index in [0.717, 1.165) is 16.9 Å². The molecule has 0 saturated heterocycles. The molecule has 0 unspecified atom stereocenters. The zero-order chi connectivity index (χ0) is 13.4. The van der Waals surface area contributed by atoms with E-state index >= 15 is 0 Å². The Morgan fingerprint density at radius 2 is 1.89 bits per heavy atom. The first-order valence-corrected chi connectivity index (χ1v) is 6.28. The lowest BCUT2D eigenvalue weighted by Gasteiger charge is -2.00. The van der Waals surface area contributed by atoms with E-state index in [1.165, 1.54) is 6.92 Å². The number of benzene rings is 1. The molecule has 3 rings (SSSR count). The lowest BCUT2D eigenvalue weighted by Crippen LogP contribution is -1.92. The van der Waals surface area contributed by atoms with Crippen LogP contribution in [0.25, 0.3) is 16.9 Å². The van der Waals surface area contributed by atoms with E-state index in [1.54, 1.807) is 0 Å². The van der Waals surface area contributed by atoms with E-state index in [2.05, 4.69) is 4.98 Å². The normalized spacial score (nSPS) is 10.8. The minimum absolute atomic E-state index is 0.0380. The van der Waals surface area contributed by atoms with Crippen LogP contribution < -0.4 is 0 Å². The highest BCUT2D eigenvalue weighted by atomic mass is 35.5. The molecular formula is C15H11ClN2O. The Bertz CT molecular complexity index is 759. The third kappa shape index (κ3) is 2.02. The fourth-order valence-electron chi connectivity index (χ4n) is 2.10. The molecule has 0 aliphatic rings. The van der Waals surface area contributed by atoms with Gasteiger partial charge in [-0.25, -0.2) is 4.98 Å². The van der Waals surface area contributed by atoms with E-state index in [0.29, 0.717) is 10.7 Å². The zero-order valence-corrected chi connectivity index (χ0v) is 11.1. The molecule has 0 aliphatic heterocycles. The maximum atomic E-state index is 11.7. The van der Waals surface area contributed by atoms with Crippen molar-refractivity contribution < 1.29 is 4.79 Å². The largest absolute Gasteiger partial charge is 0.299 e. The number of pyridine rings is 1. The average Bonchev–Trinajstić information content (AvgIpc) is 2.79. The third-order valence-corrected chi connectivity index (χ3v) is 3.24. The van der Waals surface area contributed by atoms with Crippen molar-refractivity contribution in [2.24, 2.45) is 0 Å². The summed E-state index contributed by atoms with van der Waals surface area (Å²) in [7, 11) is 0. The van der Waals surface area contributed by atoms with Crippen LogP contribution in [0.2, 0.25) is 5.02 Å². The second-order valence-corrected chi connectivity index (χ2v) is 4.74. The highest BCUT2D eigenvalue weighted by Crippen LogP contribution is 2.24. The molecule has 0 amide bonds. The Morgan fingerprint density at radius 3 is 2.58 bits per heavy atom. The van der Waals surface area contributed by atoms with Crippen LogP contribution in [-0.2, 0) is 0 Å². The fourth-order valence-corrected chi connectivity index (χ4v) is 2.23. The van der Waals surface area contributed by atoms with Gasteiger partial charge in [-0.15, -0.1) is 0 Å². The van der Waals surface area contributed by atoms with E-state index in [-0.39, 0.29) is 5.78 Å². The van der Waals surface area contributed by atoms with E-state index in [9.17, 15) is 4.79 Å². The standard InChI is InChI=1S/C15H11ClN2O/c1-10(19)14-13-4-2-3-9-18(13)15(17-14)11-5-7-12(16)8-6-11/h2-9H,1H3.